The largest absolute Gasteiger partial charge is 0.246 e. The summed E-state index contributed by atoms with van der Waals surface area (Å²) in [5.74, 6) is -0.102. The highest BCUT2D eigenvalue weighted by Crippen LogP contribution is 2.23. The van der Waals surface area contributed by atoms with Gasteiger partial charge in [-0.15, -0.1) is 15.9 Å². The van der Waals surface area contributed by atoms with Gasteiger partial charge in [0.25, 0.3) is 0 Å². The van der Waals surface area contributed by atoms with Crippen molar-refractivity contribution < 1.29 is 23.0 Å². The molecule has 1 N–H and O–H groups in total. The summed E-state index contributed by atoms with van der Waals surface area (Å²) >= 11 is 6.14. The van der Waals surface area contributed by atoms with Gasteiger partial charge in [0.05, 0.1) is 22.7 Å². The summed E-state index contributed by atoms with van der Waals surface area (Å²) < 4.78 is 28.1. The molecule has 6 nitrogen and oxygen atoms in total. The van der Waals surface area contributed by atoms with Crippen LogP contribution in [-0.2, 0) is 25.6 Å². The topological polar surface area (TPSA) is 85.7 Å². The van der Waals surface area contributed by atoms with Crippen molar-refractivity contribution in [2.75, 3.05) is 11.6 Å². The zero-order valence-electron chi connectivity index (χ0n) is 9.50. The van der Waals surface area contributed by atoms with Crippen LogP contribution in [0, 0.1) is 0 Å². The minimum absolute atomic E-state index is 0.0312. The summed E-state index contributed by atoms with van der Waals surface area (Å²) in [6, 6.07) is 1.56. The first-order chi connectivity index (χ1) is 8.55. The molecule has 1 aromatic heterocycles. The van der Waals surface area contributed by atoms with Gasteiger partial charge in [-0.25, -0.2) is 18.7 Å². The molecule has 1 rings (SSSR count). The molecule has 0 atom stereocenters. The van der Waals surface area contributed by atoms with Gasteiger partial charge in [0.1, 0.15) is 5.03 Å². The maximum atomic E-state index is 11.9. The molecule has 0 aliphatic rings. The van der Waals surface area contributed by atoms with Crippen molar-refractivity contribution in [2.24, 2.45) is 0 Å². The lowest BCUT2D eigenvalue weighted by molar-refractivity contribution is -0.432. The van der Waals surface area contributed by atoms with Gasteiger partial charge in [0.2, 0.25) is 0 Å². The summed E-state index contributed by atoms with van der Waals surface area (Å²) in [6.45, 7) is 1.83. The second-order valence-corrected chi connectivity index (χ2v) is 6.39. The minimum Gasteiger partial charge on any atom is -0.246 e. The molecule has 0 unspecified atom stereocenters. The summed E-state index contributed by atoms with van der Waals surface area (Å²) in [7, 11) is -3.42. The van der Waals surface area contributed by atoms with E-state index >= 15 is 0 Å². The SMILES string of the molecule is CCc1cc(SOOO)ncc1S(=O)(=O)CCCl. The van der Waals surface area contributed by atoms with Crippen molar-refractivity contribution in [3.63, 3.8) is 0 Å². The Morgan fingerprint density at radius 3 is 2.83 bits per heavy atom. The van der Waals surface area contributed by atoms with Crippen LogP contribution in [0.5, 0.6) is 0 Å². The summed E-state index contributed by atoms with van der Waals surface area (Å²) in [6.07, 6.45) is 1.77. The smallest absolute Gasteiger partial charge is 0.181 e. The first kappa shape index (κ1) is 15.7. The van der Waals surface area contributed by atoms with Gasteiger partial charge in [-0.1, -0.05) is 12.0 Å². The molecule has 0 amide bonds. The Bertz CT molecular complexity index is 494. The highest BCUT2D eigenvalue weighted by molar-refractivity contribution is 7.94. The molecule has 0 radical (unpaired) electrons. The maximum absolute atomic E-state index is 11.9. The van der Waals surface area contributed by atoms with E-state index in [1.54, 1.807) is 6.07 Å². The first-order valence-corrected chi connectivity index (χ1v) is 7.90. The first-order valence-electron chi connectivity index (χ1n) is 4.97. The molecule has 0 saturated heterocycles. The molecule has 0 aliphatic carbocycles. The molecule has 0 fully saturated rings. The molecule has 18 heavy (non-hydrogen) atoms. The zero-order valence-corrected chi connectivity index (χ0v) is 11.9. The molecular weight excluding hydrogens is 302 g/mol. The van der Waals surface area contributed by atoms with Crippen molar-refractivity contribution in [3.8, 4) is 0 Å². The van der Waals surface area contributed by atoms with Crippen LogP contribution in [0.1, 0.15) is 12.5 Å². The van der Waals surface area contributed by atoms with E-state index in [0.717, 1.165) is 0 Å². The van der Waals surface area contributed by atoms with Gasteiger partial charge in [-0.3, -0.25) is 0 Å². The van der Waals surface area contributed by atoms with Crippen LogP contribution in [0.4, 0.5) is 0 Å². The van der Waals surface area contributed by atoms with Gasteiger partial charge >= 0.3 is 0 Å². The normalized spacial score (nSPS) is 11.7. The van der Waals surface area contributed by atoms with Crippen molar-refractivity contribution in [3.05, 3.63) is 17.8 Å². The number of aromatic nitrogens is 1. The highest BCUT2D eigenvalue weighted by Gasteiger charge is 2.18. The van der Waals surface area contributed by atoms with E-state index in [2.05, 4.69) is 14.4 Å². The number of alkyl halides is 1. The van der Waals surface area contributed by atoms with E-state index in [-0.39, 0.29) is 16.5 Å². The van der Waals surface area contributed by atoms with Crippen LogP contribution >= 0.6 is 23.6 Å². The Hall–Kier alpha value is -0.380. The average molecular weight is 314 g/mol. The Morgan fingerprint density at radius 1 is 1.56 bits per heavy atom. The zero-order chi connectivity index (χ0) is 13.6. The molecular formula is C9H12ClNO5S2. The molecule has 102 valence electrons. The molecule has 1 heterocycles. The third kappa shape index (κ3) is 4.08. The molecule has 0 aliphatic heterocycles. The molecule has 1 aromatic rings. The van der Waals surface area contributed by atoms with Crippen LogP contribution in [-0.4, -0.2) is 30.3 Å². The van der Waals surface area contributed by atoms with Gasteiger partial charge in [0.15, 0.2) is 9.84 Å². The number of halogens is 1. The lowest BCUT2D eigenvalue weighted by atomic mass is 10.2. The van der Waals surface area contributed by atoms with E-state index in [4.69, 9.17) is 16.9 Å². The monoisotopic (exact) mass is 313 g/mol. The third-order valence-corrected chi connectivity index (χ3v) is 4.85. The fourth-order valence-corrected chi connectivity index (χ4v) is 3.56. The van der Waals surface area contributed by atoms with Crippen molar-refractivity contribution in [1.29, 1.82) is 0 Å². The van der Waals surface area contributed by atoms with Gasteiger partial charge in [-0.2, -0.15) is 0 Å². The Labute approximate surface area is 114 Å². The third-order valence-electron chi connectivity index (χ3n) is 2.13. The number of rotatable bonds is 7. The predicted octanol–water partition coefficient (Wildman–Crippen LogP) is 2.08. The van der Waals surface area contributed by atoms with Crippen LogP contribution in [0.2, 0.25) is 0 Å². The molecule has 0 bridgehead atoms. The standard InChI is InChI=1S/C9H12ClNO5S2/c1-2-7-5-9(17-16-15-12)11-6-8(7)18(13,14)4-3-10/h5-6,12H,2-4H2,1H3. The molecule has 9 heteroatoms. The van der Waals surface area contributed by atoms with E-state index in [1.807, 2.05) is 6.92 Å². The van der Waals surface area contributed by atoms with E-state index in [1.165, 1.54) is 6.20 Å². The number of hydrogen-bond donors (Lipinski definition) is 1. The summed E-state index contributed by atoms with van der Waals surface area (Å²) in [4.78, 5) is 4.06. The minimum atomic E-state index is -3.42. The van der Waals surface area contributed by atoms with Crippen molar-refractivity contribution >= 4 is 33.5 Å². The van der Waals surface area contributed by atoms with Crippen molar-refractivity contribution in [1.82, 2.24) is 4.98 Å². The highest BCUT2D eigenvalue weighted by atomic mass is 35.5. The number of hydrogen-bond acceptors (Lipinski definition) is 7. The van der Waals surface area contributed by atoms with Crippen LogP contribution in [0.3, 0.4) is 0 Å². The lowest BCUT2D eigenvalue weighted by Gasteiger charge is -2.08. The van der Waals surface area contributed by atoms with Gasteiger partial charge in [-0.05, 0) is 18.1 Å². The average Bonchev–Trinajstić information content (AvgIpc) is 2.35. The van der Waals surface area contributed by atoms with E-state index in [0.29, 0.717) is 29.1 Å². The van der Waals surface area contributed by atoms with Crippen molar-refractivity contribution in [2.45, 2.75) is 23.3 Å². The second kappa shape index (κ2) is 7.27. The fourth-order valence-electron chi connectivity index (χ4n) is 1.33. The van der Waals surface area contributed by atoms with E-state index in [9.17, 15) is 8.42 Å². The quantitative estimate of drug-likeness (QED) is 0.357. The molecule has 0 aromatic carbocycles. The van der Waals surface area contributed by atoms with Crippen LogP contribution in [0.15, 0.2) is 22.2 Å². The lowest BCUT2D eigenvalue weighted by Crippen LogP contribution is -2.11. The fraction of sp³-hybridized carbons (Fsp3) is 0.444. The molecule has 0 spiro atoms. The Balaban J connectivity index is 3.07. The number of aryl methyl sites for hydroxylation is 1. The predicted molar refractivity (Wildman–Crippen MR) is 67.0 cm³/mol. The Kier molecular flexibility index (Phi) is 6.33. The number of sulfone groups is 1. The van der Waals surface area contributed by atoms with Gasteiger partial charge < -0.3 is 0 Å². The number of nitrogens with zero attached hydrogens (tertiary/aromatic N) is 1. The Morgan fingerprint density at radius 2 is 2.28 bits per heavy atom. The number of pyridine rings is 1. The second-order valence-electron chi connectivity index (χ2n) is 3.22. The van der Waals surface area contributed by atoms with E-state index < -0.39 is 9.84 Å². The summed E-state index contributed by atoms with van der Waals surface area (Å²) in [5.41, 5.74) is 0.610. The van der Waals surface area contributed by atoms with Crippen LogP contribution < -0.4 is 0 Å². The maximum Gasteiger partial charge on any atom is 0.181 e. The molecule has 0 saturated carbocycles. The van der Waals surface area contributed by atoms with Crippen LogP contribution in [0.25, 0.3) is 0 Å². The van der Waals surface area contributed by atoms with Gasteiger partial charge in [0, 0.05) is 12.1 Å². The summed E-state index contributed by atoms with van der Waals surface area (Å²) in [5, 5.41) is 11.8.